The maximum Gasteiger partial charge on any atom is 0.266 e. The van der Waals surface area contributed by atoms with Gasteiger partial charge in [-0.2, -0.15) is 0 Å². The van der Waals surface area contributed by atoms with E-state index in [4.69, 9.17) is 5.73 Å². The molecule has 3 heterocycles. The summed E-state index contributed by atoms with van der Waals surface area (Å²) in [5, 5.41) is 0.878. The number of rotatable bonds is 3. The quantitative estimate of drug-likeness (QED) is 0.801. The van der Waals surface area contributed by atoms with Crippen LogP contribution in [0.1, 0.15) is 15.5 Å². The second-order valence-corrected chi connectivity index (χ2v) is 5.88. The number of nitrogens with zero attached hydrogens (tertiary/aromatic N) is 4. The molecule has 0 bridgehead atoms. The van der Waals surface area contributed by atoms with Crippen LogP contribution in [0.3, 0.4) is 0 Å². The Labute approximate surface area is 125 Å². The molecule has 3 aromatic rings. The smallest absolute Gasteiger partial charge is 0.266 e. The van der Waals surface area contributed by atoms with Gasteiger partial charge < -0.3 is 15.2 Å². The zero-order chi connectivity index (χ0) is 15.0. The fourth-order valence-electron chi connectivity index (χ4n) is 2.14. The molecular weight excluding hydrogens is 286 g/mol. The molecule has 1 amide bonds. The average molecular weight is 301 g/mol. The topological polar surface area (TPSA) is 77.0 Å². The molecule has 0 saturated heterocycles. The minimum absolute atomic E-state index is 0.100. The number of aromatic nitrogens is 3. The van der Waals surface area contributed by atoms with E-state index in [1.54, 1.807) is 30.5 Å². The highest BCUT2D eigenvalue weighted by atomic mass is 32.1. The van der Waals surface area contributed by atoms with Crippen LogP contribution in [0.2, 0.25) is 0 Å². The van der Waals surface area contributed by atoms with Crippen molar-refractivity contribution in [3.8, 4) is 0 Å². The Morgan fingerprint density at radius 1 is 1.48 bits per heavy atom. The van der Waals surface area contributed by atoms with Gasteiger partial charge in [0.1, 0.15) is 10.7 Å². The summed E-state index contributed by atoms with van der Waals surface area (Å²) < 4.78 is 2.81. The van der Waals surface area contributed by atoms with E-state index in [2.05, 4.69) is 9.97 Å². The van der Waals surface area contributed by atoms with Crippen LogP contribution in [-0.4, -0.2) is 32.4 Å². The standard InChI is InChI=1S/C14H15N5OS/c1-18-6-5-17-11(18)8-19(2)14(20)13-12(15)9-3-4-16-7-10(9)21-13/h3-7H,8,15H2,1-2H3. The molecule has 0 aliphatic carbocycles. The molecule has 0 aliphatic heterocycles. The Hall–Kier alpha value is -2.41. The van der Waals surface area contributed by atoms with Gasteiger partial charge in [-0.25, -0.2) is 4.98 Å². The van der Waals surface area contributed by atoms with Crippen molar-refractivity contribution >= 4 is 33.0 Å². The number of pyridine rings is 1. The van der Waals surface area contributed by atoms with Gasteiger partial charge in [0.2, 0.25) is 0 Å². The first-order chi connectivity index (χ1) is 10.1. The van der Waals surface area contributed by atoms with Gasteiger partial charge in [-0.05, 0) is 6.07 Å². The number of hydrogen-bond acceptors (Lipinski definition) is 5. The molecular formula is C14H15N5OS. The Kier molecular flexibility index (Phi) is 3.34. The molecule has 6 nitrogen and oxygen atoms in total. The Morgan fingerprint density at radius 3 is 2.95 bits per heavy atom. The predicted molar refractivity (Wildman–Crippen MR) is 83.0 cm³/mol. The van der Waals surface area contributed by atoms with Crippen LogP contribution in [0, 0.1) is 0 Å². The second-order valence-electron chi connectivity index (χ2n) is 4.83. The van der Waals surface area contributed by atoms with Gasteiger partial charge in [-0.3, -0.25) is 9.78 Å². The van der Waals surface area contributed by atoms with Crippen molar-refractivity contribution in [1.82, 2.24) is 19.4 Å². The van der Waals surface area contributed by atoms with Crippen LogP contribution in [-0.2, 0) is 13.6 Å². The predicted octanol–water partition coefficient (Wildman–Crippen LogP) is 1.88. The summed E-state index contributed by atoms with van der Waals surface area (Å²) in [5.74, 6) is 0.726. The summed E-state index contributed by atoms with van der Waals surface area (Å²) in [4.78, 5) is 23.0. The van der Waals surface area contributed by atoms with Gasteiger partial charge in [0.05, 0.1) is 16.9 Å². The third kappa shape index (κ3) is 2.36. The summed E-state index contributed by atoms with van der Waals surface area (Å²) in [5.41, 5.74) is 6.62. The number of carbonyl (C=O) groups excluding carboxylic acids is 1. The Balaban J connectivity index is 1.89. The van der Waals surface area contributed by atoms with Crippen molar-refractivity contribution in [2.75, 3.05) is 12.8 Å². The lowest BCUT2D eigenvalue weighted by molar-refractivity contribution is 0.0786. The molecule has 108 valence electrons. The molecule has 2 N–H and O–H groups in total. The first-order valence-electron chi connectivity index (χ1n) is 6.41. The molecule has 0 atom stereocenters. The van der Waals surface area contributed by atoms with E-state index >= 15 is 0 Å². The number of anilines is 1. The molecule has 3 rings (SSSR count). The molecule has 7 heteroatoms. The third-order valence-electron chi connectivity index (χ3n) is 3.37. The minimum Gasteiger partial charge on any atom is -0.397 e. The van der Waals surface area contributed by atoms with Crippen LogP contribution in [0.5, 0.6) is 0 Å². The van der Waals surface area contributed by atoms with E-state index in [1.807, 2.05) is 23.9 Å². The monoisotopic (exact) mass is 301 g/mol. The van der Waals surface area contributed by atoms with Gasteiger partial charge in [0.25, 0.3) is 5.91 Å². The number of imidazole rings is 1. The number of fused-ring (bicyclic) bond motifs is 1. The Bertz CT molecular complexity index is 807. The molecule has 0 unspecified atom stereocenters. The molecule has 0 aromatic carbocycles. The number of nitrogens with two attached hydrogens (primary N) is 1. The highest BCUT2D eigenvalue weighted by Crippen LogP contribution is 2.33. The molecule has 3 aromatic heterocycles. The molecule has 0 radical (unpaired) electrons. The molecule has 0 spiro atoms. The number of hydrogen-bond donors (Lipinski definition) is 1. The number of carbonyl (C=O) groups is 1. The molecule has 0 saturated carbocycles. The highest BCUT2D eigenvalue weighted by Gasteiger charge is 2.20. The maximum atomic E-state index is 12.6. The fourth-order valence-corrected chi connectivity index (χ4v) is 3.22. The minimum atomic E-state index is -0.100. The maximum absolute atomic E-state index is 12.6. The summed E-state index contributed by atoms with van der Waals surface area (Å²) in [6.45, 7) is 0.439. The second kappa shape index (κ2) is 5.17. The normalized spacial score (nSPS) is 11.0. The largest absolute Gasteiger partial charge is 0.397 e. The van der Waals surface area contributed by atoms with Crippen LogP contribution in [0.4, 0.5) is 5.69 Å². The summed E-state index contributed by atoms with van der Waals surface area (Å²) in [6.07, 6.45) is 6.98. The fraction of sp³-hybridized carbons (Fsp3) is 0.214. The van der Waals surface area contributed by atoms with Crippen molar-refractivity contribution in [1.29, 1.82) is 0 Å². The number of amides is 1. The number of thiophene rings is 1. The number of nitrogen functional groups attached to an aromatic ring is 1. The lowest BCUT2D eigenvalue weighted by Gasteiger charge is -2.16. The summed E-state index contributed by atoms with van der Waals surface area (Å²) >= 11 is 1.37. The van der Waals surface area contributed by atoms with Crippen molar-refractivity contribution in [3.05, 3.63) is 41.6 Å². The first kappa shape index (κ1) is 13.6. The van der Waals surface area contributed by atoms with E-state index in [-0.39, 0.29) is 5.91 Å². The van der Waals surface area contributed by atoms with Gasteiger partial charge >= 0.3 is 0 Å². The summed E-state index contributed by atoms with van der Waals surface area (Å²) in [7, 11) is 3.65. The van der Waals surface area contributed by atoms with Crippen LogP contribution >= 0.6 is 11.3 Å². The van der Waals surface area contributed by atoms with Crippen molar-refractivity contribution in [2.45, 2.75) is 6.54 Å². The third-order valence-corrected chi connectivity index (χ3v) is 4.52. The summed E-state index contributed by atoms with van der Waals surface area (Å²) in [6, 6.07) is 1.83. The lowest BCUT2D eigenvalue weighted by Crippen LogP contribution is -2.27. The molecule has 0 fully saturated rings. The van der Waals surface area contributed by atoms with E-state index in [0.29, 0.717) is 17.1 Å². The zero-order valence-corrected chi connectivity index (χ0v) is 12.6. The molecule has 21 heavy (non-hydrogen) atoms. The van der Waals surface area contributed by atoms with E-state index in [1.165, 1.54) is 11.3 Å². The Morgan fingerprint density at radius 2 is 2.29 bits per heavy atom. The highest BCUT2D eigenvalue weighted by molar-refractivity contribution is 7.21. The van der Waals surface area contributed by atoms with Gasteiger partial charge in [-0.1, -0.05) is 0 Å². The van der Waals surface area contributed by atoms with E-state index in [0.717, 1.165) is 15.9 Å². The number of aryl methyl sites for hydroxylation is 1. The SMILES string of the molecule is CN(Cc1nccn1C)C(=O)c1sc2cnccc2c1N. The lowest BCUT2D eigenvalue weighted by atomic mass is 10.2. The van der Waals surface area contributed by atoms with E-state index < -0.39 is 0 Å². The molecule has 0 aliphatic rings. The zero-order valence-electron chi connectivity index (χ0n) is 11.8. The van der Waals surface area contributed by atoms with Crippen molar-refractivity contribution in [3.63, 3.8) is 0 Å². The van der Waals surface area contributed by atoms with Gasteiger partial charge in [0.15, 0.2) is 0 Å². The average Bonchev–Trinajstić information content (AvgIpc) is 3.03. The van der Waals surface area contributed by atoms with Crippen molar-refractivity contribution < 1.29 is 4.79 Å². The van der Waals surface area contributed by atoms with Gasteiger partial charge in [-0.15, -0.1) is 11.3 Å². The van der Waals surface area contributed by atoms with Gasteiger partial charge in [0, 0.05) is 44.3 Å². The van der Waals surface area contributed by atoms with Crippen LogP contribution < -0.4 is 5.73 Å². The van der Waals surface area contributed by atoms with Crippen molar-refractivity contribution in [2.24, 2.45) is 7.05 Å². The first-order valence-corrected chi connectivity index (χ1v) is 7.23. The van der Waals surface area contributed by atoms with E-state index in [9.17, 15) is 4.79 Å². The van der Waals surface area contributed by atoms with Crippen LogP contribution in [0.15, 0.2) is 30.9 Å². The van der Waals surface area contributed by atoms with Crippen LogP contribution in [0.25, 0.3) is 10.1 Å².